The van der Waals surface area contributed by atoms with E-state index in [1.807, 2.05) is 0 Å². The van der Waals surface area contributed by atoms with Crippen molar-refractivity contribution < 1.29 is 13.2 Å². The second-order valence-corrected chi connectivity index (χ2v) is 7.79. The minimum atomic E-state index is -3.79. The summed E-state index contributed by atoms with van der Waals surface area (Å²) in [4.78, 5) is 11.3. The normalized spacial score (nSPS) is 11.7. The number of hydrogen-bond donors (Lipinski definition) is 0. The molecule has 0 aliphatic rings. The van der Waals surface area contributed by atoms with Crippen molar-refractivity contribution in [2.45, 2.75) is 4.90 Å². The van der Waals surface area contributed by atoms with Crippen molar-refractivity contribution in [3.8, 4) is 0 Å². The van der Waals surface area contributed by atoms with Crippen molar-refractivity contribution in [3.63, 3.8) is 0 Å². The molecule has 0 saturated carbocycles. The summed E-state index contributed by atoms with van der Waals surface area (Å²) in [6.07, 6.45) is 1.93. The molecule has 7 heteroatoms. The van der Waals surface area contributed by atoms with Gasteiger partial charge in [0.1, 0.15) is 0 Å². The molecule has 0 N–H and O–H groups in total. The third kappa shape index (κ3) is 2.47. The van der Waals surface area contributed by atoms with E-state index >= 15 is 0 Å². The molecule has 0 atom stereocenters. The van der Waals surface area contributed by atoms with E-state index in [1.165, 1.54) is 18.3 Å². The molecule has 0 radical (unpaired) electrons. The fraction of sp³-hybridized carbons (Fsp3) is 0. The van der Waals surface area contributed by atoms with Gasteiger partial charge in [0.15, 0.2) is 6.29 Å². The standard InChI is InChI=1S/C15H9BrClNO3S/c16-11-1-4-13(5-2-11)22(20,21)18-8-10(9-19)14-7-12(17)3-6-15(14)18/h1-9H. The van der Waals surface area contributed by atoms with E-state index in [2.05, 4.69) is 15.9 Å². The molecule has 0 fully saturated rings. The van der Waals surface area contributed by atoms with Crippen LogP contribution in [0.2, 0.25) is 5.02 Å². The van der Waals surface area contributed by atoms with Crippen LogP contribution in [0, 0.1) is 0 Å². The van der Waals surface area contributed by atoms with Gasteiger partial charge in [0, 0.05) is 26.6 Å². The molecule has 4 nitrogen and oxygen atoms in total. The Kier molecular flexibility index (Phi) is 3.84. The first kappa shape index (κ1) is 15.3. The highest BCUT2D eigenvalue weighted by molar-refractivity contribution is 9.10. The fourth-order valence-electron chi connectivity index (χ4n) is 2.21. The Morgan fingerprint density at radius 2 is 1.77 bits per heavy atom. The molecule has 0 amide bonds. The molecule has 2 aromatic carbocycles. The van der Waals surface area contributed by atoms with Crippen LogP contribution >= 0.6 is 27.5 Å². The third-order valence-electron chi connectivity index (χ3n) is 3.26. The maximum Gasteiger partial charge on any atom is 0.268 e. The Morgan fingerprint density at radius 1 is 1.09 bits per heavy atom. The van der Waals surface area contributed by atoms with Crippen LogP contribution in [0.4, 0.5) is 0 Å². The molecule has 0 saturated heterocycles. The number of aldehydes is 1. The molecule has 1 heterocycles. The van der Waals surface area contributed by atoms with E-state index in [-0.39, 0.29) is 10.5 Å². The molecule has 1 aromatic heterocycles. The number of aromatic nitrogens is 1. The number of carbonyl (C=O) groups excluding carboxylic acids is 1. The van der Waals surface area contributed by atoms with Gasteiger partial charge in [-0.2, -0.15) is 0 Å². The molecule has 0 unspecified atom stereocenters. The molecule has 0 bridgehead atoms. The third-order valence-corrected chi connectivity index (χ3v) is 5.71. The van der Waals surface area contributed by atoms with Gasteiger partial charge in [-0.1, -0.05) is 27.5 Å². The van der Waals surface area contributed by atoms with E-state index in [9.17, 15) is 13.2 Å². The number of carbonyl (C=O) groups is 1. The maximum absolute atomic E-state index is 12.8. The van der Waals surface area contributed by atoms with Gasteiger partial charge in [0.25, 0.3) is 10.0 Å². The Morgan fingerprint density at radius 3 is 2.41 bits per heavy atom. The lowest BCUT2D eigenvalue weighted by Gasteiger charge is -2.07. The maximum atomic E-state index is 12.8. The Hall–Kier alpha value is -1.63. The molecule has 3 rings (SSSR count). The Balaban J connectivity index is 2.29. The first-order valence-corrected chi connectivity index (χ1v) is 8.81. The summed E-state index contributed by atoms with van der Waals surface area (Å²) in [7, 11) is -3.79. The van der Waals surface area contributed by atoms with Gasteiger partial charge < -0.3 is 0 Å². The molecular formula is C15H9BrClNO3S. The number of hydrogen-bond acceptors (Lipinski definition) is 3. The fourth-order valence-corrected chi connectivity index (χ4v) is 4.02. The van der Waals surface area contributed by atoms with Crippen LogP contribution in [-0.4, -0.2) is 18.7 Å². The van der Waals surface area contributed by atoms with Crippen molar-refractivity contribution in [2.24, 2.45) is 0 Å². The van der Waals surface area contributed by atoms with Crippen LogP contribution in [0.15, 0.2) is 58.0 Å². The highest BCUT2D eigenvalue weighted by Gasteiger charge is 2.21. The monoisotopic (exact) mass is 397 g/mol. The van der Waals surface area contributed by atoms with E-state index in [1.54, 1.807) is 30.3 Å². The highest BCUT2D eigenvalue weighted by Crippen LogP contribution is 2.28. The average Bonchev–Trinajstić information content (AvgIpc) is 2.86. The van der Waals surface area contributed by atoms with Crippen molar-refractivity contribution in [2.75, 3.05) is 0 Å². The van der Waals surface area contributed by atoms with Crippen LogP contribution in [-0.2, 0) is 10.0 Å². The van der Waals surface area contributed by atoms with Gasteiger partial charge in [-0.15, -0.1) is 0 Å². The summed E-state index contributed by atoms with van der Waals surface area (Å²) in [6, 6.07) is 11.1. The van der Waals surface area contributed by atoms with Gasteiger partial charge in [0.2, 0.25) is 0 Å². The van der Waals surface area contributed by atoms with Crippen LogP contribution in [0.3, 0.4) is 0 Å². The van der Waals surface area contributed by atoms with Crippen molar-refractivity contribution in [1.29, 1.82) is 0 Å². The second-order valence-electron chi connectivity index (χ2n) is 4.62. The summed E-state index contributed by atoms with van der Waals surface area (Å²) in [5.74, 6) is 0. The number of halogens is 2. The minimum Gasteiger partial charge on any atom is -0.298 e. The zero-order valence-corrected chi connectivity index (χ0v) is 14.2. The zero-order chi connectivity index (χ0) is 15.9. The number of nitrogens with zero attached hydrogens (tertiary/aromatic N) is 1. The topological polar surface area (TPSA) is 56.1 Å². The van der Waals surface area contributed by atoms with Gasteiger partial charge in [-0.3, -0.25) is 4.79 Å². The molecule has 0 aliphatic carbocycles. The molecule has 22 heavy (non-hydrogen) atoms. The van der Waals surface area contributed by atoms with E-state index in [0.29, 0.717) is 22.2 Å². The molecule has 0 aliphatic heterocycles. The van der Waals surface area contributed by atoms with Gasteiger partial charge >= 0.3 is 0 Å². The molecule has 112 valence electrons. The molecule has 3 aromatic rings. The van der Waals surface area contributed by atoms with Crippen LogP contribution in [0.25, 0.3) is 10.9 Å². The van der Waals surface area contributed by atoms with Crippen LogP contribution in [0.1, 0.15) is 10.4 Å². The smallest absolute Gasteiger partial charge is 0.268 e. The van der Waals surface area contributed by atoms with Crippen molar-refractivity contribution >= 4 is 54.7 Å². The average molecular weight is 399 g/mol. The van der Waals surface area contributed by atoms with E-state index in [0.717, 1.165) is 8.45 Å². The van der Waals surface area contributed by atoms with Gasteiger partial charge in [-0.05, 0) is 42.5 Å². The molecule has 0 spiro atoms. The first-order valence-electron chi connectivity index (χ1n) is 6.20. The first-order chi connectivity index (χ1) is 10.4. The van der Waals surface area contributed by atoms with E-state index in [4.69, 9.17) is 11.6 Å². The number of benzene rings is 2. The Labute approximate surface area is 140 Å². The van der Waals surface area contributed by atoms with Gasteiger partial charge in [-0.25, -0.2) is 12.4 Å². The van der Waals surface area contributed by atoms with Crippen molar-refractivity contribution in [1.82, 2.24) is 3.97 Å². The number of fused-ring (bicyclic) bond motifs is 1. The Bertz CT molecular complexity index is 978. The summed E-state index contributed by atoms with van der Waals surface area (Å²) >= 11 is 9.19. The predicted octanol–water partition coefficient (Wildman–Crippen LogP) is 4.11. The van der Waals surface area contributed by atoms with E-state index < -0.39 is 10.0 Å². The summed E-state index contributed by atoms with van der Waals surface area (Å²) in [5, 5.41) is 0.942. The zero-order valence-electron chi connectivity index (χ0n) is 11.0. The lowest BCUT2D eigenvalue weighted by molar-refractivity contribution is 0.112. The summed E-state index contributed by atoms with van der Waals surface area (Å²) in [5.41, 5.74) is 0.688. The quantitative estimate of drug-likeness (QED) is 0.624. The lowest BCUT2D eigenvalue weighted by atomic mass is 10.2. The number of rotatable bonds is 3. The van der Waals surface area contributed by atoms with Crippen LogP contribution < -0.4 is 0 Å². The largest absolute Gasteiger partial charge is 0.298 e. The van der Waals surface area contributed by atoms with Gasteiger partial charge in [0.05, 0.1) is 10.4 Å². The summed E-state index contributed by atoms with van der Waals surface area (Å²) in [6.45, 7) is 0. The van der Waals surface area contributed by atoms with Crippen molar-refractivity contribution in [3.05, 3.63) is 63.7 Å². The SMILES string of the molecule is O=Cc1cn(S(=O)(=O)c2ccc(Br)cc2)c2ccc(Cl)cc12. The summed E-state index contributed by atoms with van der Waals surface area (Å²) < 4.78 is 27.4. The van der Waals surface area contributed by atoms with Crippen LogP contribution in [0.5, 0.6) is 0 Å². The second kappa shape index (κ2) is 5.53. The molecular weight excluding hydrogens is 390 g/mol. The minimum absolute atomic E-state index is 0.139. The highest BCUT2D eigenvalue weighted by atomic mass is 79.9. The lowest BCUT2D eigenvalue weighted by Crippen LogP contribution is -2.11. The predicted molar refractivity (Wildman–Crippen MR) is 89.1 cm³/mol.